The zero-order valence-corrected chi connectivity index (χ0v) is 21.1. The minimum absolute atomic E-state index is 0.0275. The first kappa shape index (κ1) is 25.1. The number of aromatic amines is 1. The van der Waals surface area contributed by atoms with Crippen molar-refractivity contribution < 1.29 is 23.7 Å². The Kier molecular flexibility index (Phi) is 6.78. The molecule has 0 aliphatic carbocycles. The van der Waals surface area contributed by atoms with E-state index in [1.165, 1.54) is 4.57 Å². The van der Waals surface area contributed by atoms with Crippen molar-refractivity contribution in [2.24, 2.45) is 0 Å². The summed E-state index contributed by atoms with van der Waals surface area (Å²) in [5.74, 6) is -0.864. The molecule has 180 valence electrons. The average molecular weight is 469 g/mol. The Labute approximate surface area is 189 Å². The van der Waals surface area contributed by atoms with E-state index in [0.717, 1.165) is 0 Å². The van der Waals surface area contributed by atoms with Gasteiger partial charge in [-0.3, -0.25) is 14.3 Å². The van der Waals surface area contributed by atoms with E-state index in [0.29, 0.717) is 12.3 Å². The fraction of sp³-hybridized carbons (Fsp3) is 0.727. The van der Waals surface area contributed by atoms with Crippen LogP contribution < -0.4 is 11.2 Å². The quantitative estimate of drug-likeness (QED) is 0.466. The minimum Gasteiger partial charge on any atom is -0.414 e. The van der Waals surface area contributed by atoms with Gasteiger partial charge < -0.3 is 23.7 Å². The second kappa shape index (κ2) is 8.66. The highest BCUT2D eigenvalue weighted by atomic mass is 28.4. The van der Waals surface area contributed by atoms with Crippen molar-refractivity contribution in [2.45, 2.75) is 96.1 Å². The van der Waals surface area contributed by atoms with Crippen LogP contribution >= 0.6 is 0 Å². The lowest BCUT2D eigenvalue weighted by Crippen LogP contribution is -2.44. The van der Waals surface area contributed by atoms with E-state index in [9.17, 15) is 14.7 Å². The molecule has 0 saturated carbocycles. The highest BCUT2D eigenvalue weighted by Gasteiger charge is 2.57. The van der Waals surface area contributed by atoms with Gasteiger partial charge in [0.2, 0.25) is 0 Å². The zero-order valence-electron chi connectivity index (χ0n) is 20.1. The highest BCUT2D eigenvalue weighted by Crippen LogP contribution is 2.44. The van der Waals surface area contributed by atoms with Crippen molar-refractivity contribution in [1.29, 1.82) is 0 Å². The van der Waals surface area contributed by atoms with Gasteiger partial charge in [-0.2, -0.15) is 0 Å². The molecule has 1 aromatic rings. The molecule has 0 spiro atoms. The maximum atomic E-state index is 12.9. The molecule has 4 atom stereocenters. The lowest BCUT2D eigenvalue weighted by Gasteiger charge is -2.37. The lowest BCUT2D eigenvalue weighted by molar-refractivity contribution is -0.200. The maximum absolute atomic E-state index is 12.9. The number of ether oxygens (including phenoxy) is 3. The van der Waals surface area contributed by atoms with Gasteiger partial charge in [0.25, 0.3) is 5.56 Å². The second-order valence-corrected chi connectivity index (χ2v) is 15.2. The maximum Gasteiger partial charge on any atom is 0.330 e. The molecule has 1 aromatic heterocycles. The molecule has 2 saturated heterocycles. The SMILES string of the molecule is C=CCc1c(CO)c(=O)[nH]c(=O)n1[C@@H]1O[C@H](CO[Si](C)(C)C(C)(C)C)[C@H]2OC(C)(C)O[C@H]21. The molecule has 2 N–H and O–H groups in total. The van der Waals surface area contributed by atoms with Gasteiger partial charge in [-0.1, -0.05) is 26.8 Å². The van der Waals surface area contributed by atoms with Crippen molar-refractivity contribution in [3.05, 3.63) is 44.8 Å². The molecule has 3 rings (SSSR count). The van der Waals surface area contributed by atoms with Crippen LogP contribution in [0.3, 0.4) is 0 Å². The van der Waals surface area contributed by atoms with Gasteiger partial charge in [-0.15, -0.1) is 6.58 Å². The van der Waals surface area contributed by atoms with Gasteiger partial charge in [0.1, 0.15) is 18.3 Å². The third kappa shape index (κ3) is 4.57. The number of nitrogens with one attached hydrogen (secondary N) is 1. The summed E-state index contributed by atoms with van der Waals surface area (Å²) in [6.07, 6.45) is -0.566. The molecular weight excluding hydrogens is 432 g/mol. The summed E-state index contributed by atoms with van der Waals surface area (Å²) in [6, 6.07) is 0. The molecule has 2 fully saturated rings. The molecule has 0 aromatic carbocycles. The number of hydrogen-bond donors (Lipinski definition) is 2. The van der Waals surface area contributed by atoms with Crippen LogP contribution in [-0.4, -0.2) is 53.7 Å². The van der Waals surface area contributed by atoms with Crippen molar-refractivity contribution in [2.75, 3.05) is 6.61 Å². The highest BCUT2D eigenvalue weighted by molar-refractivity contribution is 6.74. The van der Waals surface area contributed by atoms with Gasteiger partial charge in [0, 0.05) is 12.1 Å². The molecule has 9 nitrogen and oxygen atoms in total. The Morgan fingerprint density at radius 1 is 1.25 bits per heavy atom. The first-order chi connectivity index (χ1) is 14.7. The normalized spacial score (nSPS) is 27.5. The van der Waals surface area contributed by atoms with Gasteiger partial charge >= 0.3 is 5.69 Å². The van der Waals surface area contributed by atoms with E-state index in [-0.39, 0.29) is 17.0 Å². The third-order valence-electron chi connectivity index (χ3n) is 6.64. The molecular formula is C22H36N2O7Si. The monoisotopic (exact) mass is 468 g/mol. The molecule has 3 heterocycles. The summed E-state index contributed by atoms with van der Waals surface area (Å²) in [6.45, 7) is 17.9. The predicted octanol–water partition coefficient (Wildman–Crippen LogP) is 2.20. The van der Waals surface area contributed by atoms with Crippen molar-refractivity contribution in [3.63, 3.8) is 0 Å². The summed E-state index contributed by atoms with van der Waals surface area (Å²) >= 11 is 0. The van der Waals surface area contributed by atoms with Crippen LogP contribution in [0, 0.1) is 0 Å². The number of allylic oxidation sites excluding steroid dienone is 1. The topological polar surface area (TPSA) is 112 Å². The summed E-state index contributed by atoms with van der Waals surface area (Å²) < 4.78 is 26.3. The number of hydrogen-bond acceptors (Lipinski definition) is 7. The Morgan fingerprint density at radius 3 is 2.44 bits per heavy atom. The number of nitrogens with zero attached hydrogens (tertiary/aromatic N) is 1. The van der Waals surface area contributed by atoms with E-state index in [2.05, 4.69) is 45.4 Å². The third-order valence-corrected chi connectivity index (χ3v) is 11.1. The van der Waals surface area contributed by atoms with Gasteiger partial charge in [-0.05, 0) is 32.0 Å². The average Bonchev–Trinajstić information content (AvgIpc) is 3.13. The molecule has 0 bridgehead atoms. The summed E-state index contributed by atoms with van der Waals surface area (Å²) in [4.78, 5) is 27.4. The van der Waals surface area contributed by atoms with Gasteiger partial charge in [-0.25, -0.2) is 4.79 Å². The minimum atomic E-state index is -2.05. The molecule has 0 amide bonds. The Bertz CT molecular complexity index is 976. The van der Waals surface area contributed by atoms with Crippen LogP contribution in [-0.2, 0) is 31.7 Å². The van der Waals surface area contributed by atoms with Crippen LogP contribution in [0.25, 0.3) is 0 Å². The van der Waals surface area contributed by atoms with E-state index >= 15 is 0 Å². The summed E-state index contributed by atoms with van der Waals surface area (Å²) in [7, 11) is -2.05. The fourth-order valence-electron chi connectivity index (χ4n) is 3.93. The first-order valence-corrected chi connectivity index (χ1v) is 13.9. The zero-order chi connectivity index (χ0) is 24.1. The Morgan fingerprint density at radius 2 is 1.88 bits per heavy atom. The largest absolute Gasteiger partial charge is 0.414 e. The second-order valence-electron chi connectivity index (χ2n) is 10.4. The first-order valence-electron chi connectivity index (χ1n) is 11.0. The van der Waals surface area contributed by atoms with Crippen molar-refractivity contribution in [1.82, 2.24) is 9.55 Å². The molecule has 0 unspecified atom stereocenters. The number of aliphatic hydroxyl groups is 1. The standard InChI is InChI=1S/C22H36N2O7Si/c1-9-10-14-13(11-25)18(26)23-20(27)24(14)19-17-16(30-22(5,6)31-17)15(29-19)12-28-32(7,8)21(2,3)4/h9,15-17,19,25H,1,10-12H2,2-8H3,(H,23,26,27)/t15-,16-,17-,19-/m1/s1. The van der Waals surface area contributed by atoms with E-state index in [4.69, 9.17) is 18.6 Å². The van der Waals surface area contributed by atoms with Crippen LogP contribution in [0.2, 0.25) is 18.1 Å². The molecule has 2 aliphatic rings. The van der Waals surface area contributed by atoms with Crippen molar-refractivity contribution in [3.8, 4) is 0 Å². The van der Waals surface area contributed by atoms with E-state index < -0.39 is 56.5 Å². The number of aromatic nitrogens is 2. The number of fused-ring (bicyclic) bond motifs is 1. The van der Waals surface area contributed by atoms with Crippen molar-refractivity contribution >= 4 is 8.32 Å². The fourth-order valence-corrected chi connectivity index (χ4v) is 4.94. The number of rotatable bonds is 7. The van der Waals surface area contributed by atoms with E-state index in [1.54, 1.807) is 6.08 Å². The molecule has 0 radical (unpaired) electrons. The van der Waals surface area contributed by atoms with Crippen LogP contribution in [0.1, 0.15) is 52.1 Å². The number of aliphatic hydroxyl groups excluding tert-OH is 1. The van der Waals surface area contributed by atoms with E-state index in [1.807, 2.05) is 13.8 Å². The molecule has 2 aliphatic heterocycles. The molecule has 32 heavy (non-hydrogen) atoms. The van der Waals surface area contributed by atoms with Gasteiger partial charge in [0.15, 0.2) is 20.3 Å². The summed E-state index contributed by atoms with van der Waals surface area (Å²) in [5, 5.41) is 9.80. The van der Waals surface area contributed by atoms with Crippen LogP contribution in [0.5, 0.6) is 0 Å². The lowest BCUT2D eigenvalue weighted by atomic mass is 10.1. The Balaban J connectivity index is 2.01. The predicted molar refractivity (Wildman–Crippen MR) is 122 cm³/mol. The smallest absolute Gasteiger partial charge is 0.330 e. The number of H-pyrrole nitrogens is 1. The Hall–Kier alpha value is -1.56. The van der Waals surface area contributed by atoms with Crippen LogP contribution in [0.15, 0.2) is 22.2 Å². The molecule has 10 heteroatoms. The van der Waals surface area contributed by atoms with Gasteiger partial charge in [0.05, 0.1) is 18.8 Å². The van der Waals surface area contributed by atoms with Crippen LogP contribution in [0.4, 0.5) is 0 Å². The summed E-state index contributed by atoms with van der Waals surface area (Å²) in [5.41, 5.74) is -0.808.